The largest absolute Gasteiger partial charge is 0.324 e. The topological polar surface area (TPSA) is 26.0 Å². The van der Waals surface area contributed by atoms with E-state index in [1.54, 1.807) is 0 Å². The zero-order valence-corrected chi connectivity index (χ0v) is 9.30. The first-order chi connectivity index (χ1) is 6.50. The van der Waals surface area contributed by atoms with Gasteiger partial charge in [0.2, 0.25) is 0 Å². The lowest BCUT2D eigenvalue weighted by molar-refractivity contribution is 0.711. The molecule has 1 aromatic carbocycles. The molecule has 0 saturated carbocycles. The Bertz CT molecular complexity index is 339. The van der Waals surface area contributed by atoms with Crippen molar-refractivity contribution < 1.29 is 0 Å². The zero-order chi connectivity index (χ0) is 10.7. The normalized spacial score (nSPS) is 12.6. The van der Waals surface area contributed by atoms with Crippen molar-refractivity contribution in [2.24, 2.45) is 5.73 Å². The highest BCUT2D eigenvalue weighted by atomic mass is 14.6. The van der Waals surface area contributed by atoms with Gasteiger partial charge in [0.25, 0.3) is 0 Å². The molecule has 0 amide bonds. The molecule has 0 aliphatic carbocycles. The van der Waals surface area contributed by atoms with E-state index in [0.29, 0.717) is 0 Å². The molecule has 14 heavy (non-hydrogen) atoms. The van der Waals surface area contributed by atoms with E-state index in [1.165, 1.54) is 16.7 Å². The Morgan fingerprint density at radius 2 is 2.07 bits per heavy atom. The number of rotatable bonds is 3. The predicted octanol–water partition coefficient (Wildman–Crippen LogP) is 3.27. The van der Waals surface area contributed by atoms with E-state index in [0.717, 1.165) is 12.0 Å². The zero-order valence-electron chi connectivity index (χ0n) is 9.30. The second kappa shape index (κ2) is 4.43. The van der Waals surface area contributed by atoms with Crippen molar-refractivity contribution in [2.75, 3.05) is 0 Å². The van der Waals surface area contributed by atoms with Gasteiger partial charge in [-0.2, -0.15) is 0 Å². The summed E-state index contributed by atoms with van der Waals surface area (Å²) in [7, 11) is 0. The molecule has 0 aromatic heterocycles. The second-order valence-electron chi connectivity index (χ2n) is 4.13. The third-order valence-electron chi connectivity index (χ3n) is 2.40. The fourth-order valence-corrected chi connectivity index (χ4v) is 1.64. The summed E-state index contributed by atoms with van der Waals surface area (Å²) >= 11 is 0. The van der Waals surface area contributed by atoms with Crippen LogP contribution in [0.4, 0.5) is 0 Å². The molecule has 0 saturated heterocycles. The Morgan fingerprint density at radius 3 is 2.64 bits per heavy atom. The summed E-state index contributed by atoms with van der Waals surface area (Å²) in [6.45, 7) is 10.1. The van der Waals surface area contributed by atoms with Crippen LogP contribution in [-0.4, -0.2) is 0 Å². The Hall–Kier alpha value is -1.08. The van der Waals surface area contributed by atoms with E-state index in [-0.39, 0.29) is 6.04 Å². The molecule has 76 valence electrons. The van der Waals surface area contributed by atoms with Crippen molar-refractivity contribution in [3.63, 3.8) is 0 Å². The smallest absolute Gasteiger partial charge is 0.0335 e. The third-order valence-corrected chi connectivity index (χ3v) is 2.40. The van der Waals surface area contributed by atoms with Crippen molar-refractivity contribution in [3.8, 4) is 0 Å². The maximum atomic E-state index is 6.10. The molecule has 0 aliphatic heterocycles. The lowest BCUT2D eigenvalue weighted by atomic mass is 9.95. The van der Waals surface area contributed by atoms with Gasteiger partial charge in [-0.05, 0) is 38.3 Å². The number of aryl methyl sites for hydroxylation is 2. The summed E-state index contributed by atoms with van der Waals surface area (Å²) in [5, 5.41) is 0. The van der Waals surface area contributed by atoms with E-state index in [2.05, 4.69) is 38.6 Å². The van der Waals surface area contributed by atoms with Crippen molar-refractivity contribution in [1.29, 1.82) is 0 Å². The minimum atomic E-state index is 0.0902. The summed E-state index contributed by atoms with van der Waals surface area (Å²) in [4.78, 5) is 0. The lowest BCUT2D eigenvalue weighted by Crippen LogP contribution is -2.12. The second-order valence-corrected chi connectivity index (χ2v) is 4.13. The van der Waals surface area contributed by atoms with Crippen molar-refractivity contribution >= 4 is 0 Å². The van der Waals surface area contributed by atoms with Gasteiger partial charge < -0.3 is 5.73 Å². The number of hydrogen-bond acceptors (Lipinski definition) is 1. The standard InChI is InChI=1S/C13H19N/c1-9(2)7-13(14)12-8-10(3)5-6-11(12)4/h5-6,8,13H,1,7,14H2,2-4H3/t13-/m1/s1. The van der Waals surface area contributed by atoms with E-state index in [1.807, 2.05) is 6.92 Å². The maximum Gasteiger partial charge on any atom is 0.0335 e. The van der Waals surface area contributed by atoms with Crippen LogP contribution >= 0.6 is 0 Å². The van der Waals surface area contributed by atoms with Crippen molar-refractivity contribution in [2.45, 2.75) is 33.2 Å². The van der Waals surface area contributed by atoms with E-state index < -0.39 is 0 Å². The van der Waals surface area contributed by atoms with Crippen LogP contribution in [0.15, 0.2) is 30.4 Å². The summed E-state index contributed by atoms with van der Waals surface area (Å²) < 4.78 is 0. The maximum absolute atomic E-state index is 6.10. The first-order valence-electron chi connectivity index (χ1n) is 4.98. The van der Waals surface area contributed by atoms with Gasteiger partial charge in [0.15, 0.2) is 0 Å². The SMILES string of the molecule is C=C(C)C[C@@H](N)c1cc(C)ccc1C. The van der Waals surface area contributed by atoms with Crippen LogP contribution in [0, 0.1) is 13.8 Å². The van der Waals surface area contributed by atoms with Crippen LogP contribution in [0.5, 0.6) is 0 Å². The molecule has 1 atom stereocenters. The highest BCUT2D eigenvalue weighted by molar-refractivity contribution is 5.33. The minimum Gasteiger partial charge on any atom is -0.324 e. The minimum absolute atomic E-state index is 0.0902. The summed E-state index contributed by atoms with van der Waals surface area (Å²) in [5.74, 6) is 0. The van der Waals surface area contributed by atoms with Gasteiger partial charge in [-0.25, -0.2) is 0 Å². The average Bonchev–Trinajstić information content (AvgIpc) is 2.08. The Labute approximate surface area is 86.6 Å². The molecular formula is C13H19N. The van der Waals surface area contributed by atoms with Crippen molar-refractivity contribution in [1.82, 2.24) is 0 Å². The molecule has 0 radical (unpaired) electrons. The predicted molar refractivity (Wildman–Crippen MR) is 62.3 cm³/mol. The number of benzene rings is 1. The van der Waals surface area contributed by atoms with Gasteiger partial charge in [-0.1, -0.05) is 29.3 Å². The third kappa shape index (κ3) is 2.71. The fraction of sp³-hybridized carbons (Fsp3) is 0.385. The van der Waals surface area contributed by atoms with Crippen LogP contribution < -0.4 is 5.73 Å². The lowest BCUT2D eigenvalue weighted by Gasteiger charge is -2.15. The van der Waals surface area contributed by atoms with Gasteiger partial charge in [0.05, 0.1) is 0 Å². The molecule has 2 N–H and O–H groups in total. The Morgan fingerprint density at radius 1 is 1.43 bits per heavy atom. The highest BCUT2D eigenvalue weighted by Crippen LogP contribution is 2.22. The molecule has 0 heterocycles. The molecular weight excluding hydrogens is 170 g/mol. The fourth-order valence-electron chi connectivity index (χ4n) is 1.64. The van der Waals surface area contributed by atoms with Crippen LogP contribution in [-0.2, 0) is 0 Å². The Balaban J connectivity index is 2.93. The molecule has 0 unspecified atom stereocenters. The van der Waals surface area contributed by atoms with Gasteiger partial charge in [-0.3, -0.25) is 0 Å². The quantitative estimate of drug-likeness (QED) is 0.726. The molecule has 0 spiro atoms. The van der Waals surface area contributed by atoms with E-state index >= 15 is 0 Å². The molecule has 0 aliphatic rings. The monoisotopic (exact) mass is 189 g/mol. The first kappa shape index (κ1) is 11.0. The molecule has 1 heteroatoms. The molecule has 0 bridgehead atoms. The van der Waals surface area contributed by atoms with Gasteiger partial charge in [-0.15, -0.1) is 6.58 Å². The van der Waals surface area contributed by atoms with Gasteiger partial charge in [0.1, 0.15) is 0 Å². The van der Waals surface area contributed by atoms with Crippen LogP contribution in [0.2, 0.25) is 0 Å². The first-order valence-corrected chi connectivity index (χ1v) is 4.98. The molecule has 0 fully saturated rings. The van der Waals surface area contributed by atoms with Crippen molar-refractivity contribution in [3.05, 3.63) is 47.0 Å². The number of hydrogen-bond donors (Lipinski definition) is 1. The number of nitrogens with two attached hydrogens (primary N) is 1. The van der Waals surface area contributed by atoms with Gasteiger partial charge in [0, 0.05) is 6.04 Å². The van der Waals surface area contributed by atoms with Gasteiger partial charge >= 0.3 is 0 Å². The average molecular weight is 189 g/mol. The summed E-state index contributed by atoms with van der Waals surface area (Å²) in [6.07, 6.45) is 0.865. The van der Waals surface area contributed by atoms with E-state index in [9.17, 15) is 0 Å². The molecule has 1 rings (SSSR count). The van der Waals surface area contributed by atoms with Crippen LogP contribution in [0.3, 0.4) is 0 Å². The van der Waals surface area contributed by atoms with Crippen LogP contribution in [0.1, 0.15) is 36.1 Å². The highest BCUT2D eigenvalue weighted by Gasteiger charge is 2.08. The molecule has 1 aromatic rings. The Kier molecular flexibility index (Phi) is 3.48. The summed E-state index contributed by atoms with van der Waals surface area (Å²) in [6, 6.07) is 6.51. The van der Waals surface area contributed by atoms with Crippen LogP contribution in [0.25, 0.3) is 0 Å². The summed E-state index contributed by atoms with van der Waals surface area (Å²) in [5.41, 5.74) is 11.0. The van der Waals surface area contributed by atoms with E-state index in [4.69, 9.17) is 5.73 Å². The molecule has 1 nitrogen and oxygen atoms in total.